The molecule has 0 aromatic heterocycles. The largest absolute Gasteiger partial charge is 0.416 e. The number of benzene rings is 1. The van der Waals surface area contributed by atoms with E-state index in [2.05, 4.69) is 0 Å². The van der Waals surface area contributed by atoms with Crippen molar-refractivity contribution in [1.29, 1.82) is 0 Å². The van der Waals surface area contributed by atoms with E-state index in [-0.39, 0.29) is 11.6 Å². The fourth-order valence-corrected chi connectivity index (χ4v) is 1.37. The number of hydroxylamine groups is 2. The van der Waals surface area contributed by atoms with Crippen molar-refractivity contribution in [2.24, 2.45) is 0 Å². The fourth-order valence-electron chi connectivity index (χ4n) is 1.37. The number of alkyl halides is 6. The fraction of sp³-hybridized carbons (Fsp3) is 0.400. The molecule has 1 aromatic carbocycles. The molecule has 0 aliphatic heterocycles. The maximum absolute atomic E-state index is 12.4. The van der Waals surface area contributed by atoms with Crippen molar-refractivity contribution in [2.75, 3.05) is 7.05 Å². The summed E-state index contributed by atoms with van der Waals surface area (Å²) in [6, 6.07) is 1.19. The summed E-state index contributed by atoms with van der Waals surface area (Å²) < 4.78 is 74.6. The van der Waals surface area contributed by atoms with E-state index in [0.29, 0.717) is 17.2 Å². The van der Waals surface area contributed by atoms with Crippen LogP contribution in [0.5, 0.6) is 0 Å². The third kappa shape index (κ3) is 3.88. The molecule has 0 amide bonds. The molecule has 102 valence electrons. The molecule has 2 nitrogen and oxygen atoms in total. The van der Waals surface area contributed by atoms with E-state index in [9.17, 15) is 26.3 Å². The summed E-state index contributed by atoms with van der Waals surface area (Å²) in [5, 5.41) is 9.36. The average Bonchev–Trinajstić information content (AvgIpc) is 2.13. The molecule has 0 saturated heterocycles. The predicted molar refractivity (Wildman–Crippen MR) is 49.7 cm³/mol. The molecule has 0 bridgehead atoms. The Morgan fingerprint density at radius 3 is 1.61 bits per heavy atom. The molecule has 0 fully saturated rings. The van der Waals surface area contributed by atoms with Gasteiger partial charge in [-0.3, -0.25) is 0 Å². The van der Waals surface area contributed by atoms with Crippen molar-refractivity contribution in [2.45, 2.75) is 18.9 Å². The number of hydrogen-bond donors (Lipinski definition) is 1. The first kappa shape index (κ1) is 14.8. The molecule has 0 atom stereocenters. The smallest absolute Gasteiger partial charge is 0.314 e. The highest BCUT2D eigenvalue weighted by molar-refractivity contribution is 5.33. The van der Waals surface area contributed by atoms with E-state index in [1.165, 1.54) is 0 Å². The lowest BCUT2D eigenvalue weighted by atomic mass is 10.0. The van der Waals surface area contributed by atoms with Crippen molar-refractivity contribution in [1.82, 2.24) is 5.06 Å². The predicted octanol–water partition coefficient (Wildman–Crippen LogP) is 3.55. The average molecular weight is 273 g/mol. The maximum Gasteiger partial charge on any atom is 0.416 e. The Balaban J connectivity index is 3.29. The summed E-state index contributed by atoms with van der Waals surface area (Å²) >= 11 is 0. The third-order valence-corrected chi connectivity index (χ3v) is 2.06. The SMILES string of the molecule is CN(O)Cc1cc(C(F)(F)F)cc(C(F)(F)F)c1. The van der Waals surface area contributed by atoms with Gasteiger partial charge in [0.05, 0.1) is 11.1 Å². The second-order valence-corrected chi connectivity index (χ2v) is 3.73. The Morgan fingerprint density at radius 2 is 1.33 bits per heavy atom. The van der Waals surface area contributed by atoms with E-state index < -0.39 is 30.0 Å². The minimum Gasteiger partial charge on any atom is -0.314 e. The van der Waals surface area contributed by atoms with Crippen LogP contribution in [0.15, 0.2) is 18.2 Å². The monoisotopic (exact) mass is 273 g/mol. The van der Waals surface area contributed by atoms with Crippen LogP contribution in [0, 0.1) is 0 Å². The van der Waals surface area contributed by atoms with Crippen LogP contribution >= 0.6 is 0 Å². The van der Waals surface area contributed by atoms with Gasteiger partial charge in [-0.05, 0) is 23.8 Å². The second kappa shape index (κ2) is 4.77. The maximum atomic E-state index is 12.4. The highest BCUT2D eigenvalue weighted by atomic mass is 19.4. The van der Waals surface area contributed by atoms with Gasteiger partial charge in [-0.1, -0.05) is 0 Å². The van der Waals surface area contributed by atoms with E-state index in [4.69, 9.17) is 5.21 Å². The van der Waals surface area contributed by atoms with Gasteiger partial charge in [-0.15, -0.1) is 0 Å². The molecule has 0 spiro atoms. The zero-order chi connectivity index (χ0) is 14.1. The van der Waals surface area contributed by atoms with E-state index >= 15 is 0 Å². The Labute approximate surface area is 98.4 Å². The van der Waals surface area contributed by atoms with Crippen LogP contribution < -0.4 is 0 Å². The molecule has 0 aliphatic rings. The number of halogens is 6. The Kier molecular flexibility index (Phi) is 3.92. The topological polar surface area (TPSA) is 23.5 Å². The lowest BCUT2D eigenvalue weighted by molar-refractivity contribution is -0.143. The summed E-state index contributed by atoms with van der Waals surface area (Å²) in [4.78, 5) is 0. The molecule has 1 aromatic rings. The second-order valence-electron chi connectivity index (χ2n) is 3.73. The van der Waals surface area contributed by atoms with Gasteiger partial charge in [-0.25, -0.2) is 0 Å². The molecule has 0 heterocycles. The zero-order valence-corrected chi connectivity index (χ0v) is 9.10. The molecule has 1 N–H and O–H groups in total. The summed E-state index contributed by atoms with van der Waals surface area (Å²) in [5.74, 6) is 0. The summed E-state index contributed by atoms with van der Waals surface area (Å²) in [6.07, 6.45) is -9.74. The van der Waals surface area contributed by atoms with Crippen LogP contribution in [0.25, 0.3) is 0 Å². The van der Waals surface area contributed by atoms with Gasteiger partial charge < -0.3 is 5.21 Å². The molecule has 0 unspecified atom stereocenters. The highest BCUT2D eigenvalue weighted by Gasteiger charge is 2.36. The molecule has 0 aliphatic carbocycles. The normalized spacial score (nSPS) is 13.2. The van der Waals surface area contributed by atoms with E-state index in [0.717, 1.165) is 7.05 Å². The van der Waals surface area contributed by atoms with Crippen molar-refractivity contribution in [3.63, 3.8) is 0 Å². The first-order valence-electron chi connectivity index (χ1n) is 4.68. The van der Waals surface area contributed by atoms with Crippen LogP contribution in [0.1, 0.15) is 16.7 Å². The van der Waals surface area contributed by atoms with Gasteiger partial charge >= 0.3 is 12.4 Å². The first-order valence-corrected chi connectivity index (χ1v) is 4.68. The van der Waals surface area contributed by atoms with Crippen LogP contribution in [0.4, 0.5) is 26.3 Å². The van der Waals surface area contributed by atoms with Gasteiger partial charge in [0.1, 0.15) is 0 Å². The molecule has 0 saturated carbocycles. The Bertz CT molecular complexity index is 391. The summed E-state index contributed by atoms with van der Waals surface area (Å²) in [6.45, 7) is -0.438. The molecule has 0 radical (unpaired) electrons. The van der Waals surface area contributed by atoms with Gasteiger partial charge in [0.25, 0.3) is 0 Å². The standard InChI is InChI=1S/C10H9F6NO/c1-17(18)5-6-2-7(9(11,12)13)4-8(3-6)10(14,15)16/h2-4,18H,5H2,1H3. The van der Waals surface area contributed by atoms with Crippen molar-refractivity contribution >= 4 is 0 Å². The van der Waals surface area contributed by atoms with Crippen LogP contribution in [0.2, 0.25) is 0 Å². The third-order valence-electron chi connectivity index (χ3n) is 2.06. The number of rotatable bonds is 2. The quantitative estimate of drug-likeness (QED) is 0.658. The summed E-state index contributed by atoms with van der Waals surface area (Å²) in [5.41, 5.74) is -3.06. The molecule has 8 heteroatoms. The minimum absolute atomic E-state index is 0.0425. The van der Waals surface area contributed by atoms with E-state index in [1.807, 2.05) is 0 Å². The van der Waals surface area contributed by atoms with Crippen molar-refractivity contribution in [3.8, 4) is 0 Å². The molecule has 1 rings (SSSR count). The highest BCUT2D eigenvalue weighted by Crippen LogP contribution is 2.36. The Morgan fingerprint density at radius 1 is 0.944 bits per heavy atom. The van der Waals surface area contributed by atoms with Gasteiger partial charge in [0.15, 0.2) is 0 Å². The lowest BCUT2D eigenvalue weighted by Crippen LogP contribution is -2.16. The zero-order valence-electron chi connectivity index (χ0n) is 9.10. The number of hydrogen-bond acceptors (Lipinski definition) is 2. The van der Waals surface area contributed by atoms with Crippen LogP contribution in [-0.2, 0) is 18.9 Å². The van der Waals surface area contributed by atoms with Crippen molar-refractivity contribution in [3.05, 3.63) is 34.9 Å². The van der Waals surface area contributed by atoms with Gasteiger partial charge in [-0.2, -0.15) is 31.4 Å². The molecule has 18 heavy (non-hydrogen) atoms. The lowest BCUT2D eigenvalue weighted by Gasteiger charge is -2.15. The van der Waals surface area contributed by atoms with Gasteiger partial charge in [0.2, 0.25) is 0 Å². The molecular weight excluding hydrogens is 264 g/mol. The minimum atomic E-state index is -4.87. The van der Waals surface area contributed by atoms with Gasteiger partial charge in [0, 0.05) is 13.6 Å². The van der Waals surface area contributed by atoms with Crippen molar-refractivity contribution < 1.29 is 31.5 Å². The Hall–Kier alpha value is -1.28. The number of nitrogens with zero attached hydrogens (tertiary/aromatic N) is 1. The summed E-state index contributed by atoms with van der Waals surface area (Å²) in [7, 11) is 1.12. The first-order chi connectivity index (χ1) is 8.00. The van der Waals surface area contributed by atoms with Crippen LogP contribution in [0.3, 0.4) is 0 Å². The van der Waals surface area contributed by atoms with E-state index in [1.54, 1.807) is 0 Å². The molecular formula is C10H9F6NO. The van der Waals surface area contributed by atoms with Crippen LogP contribution in [-0.4, -0.2) is 17.3 Å².